The predicted octanol–water partition coefficient (Wildman–Crippen LogP) is 3.68. The second-order valence-corrected chi connectivity index (χ2v) is 11.3. The summed E-state index contributed by atoms with van der Waals surface area (Å²) in [6, 6.07) is 16.2. The Hall–Kier alpha value is -3.17. The Morgan fingerprint density at radius 2 is 1.94 bits per heavy atom. The molecule has 1 aromatic heterocycles. The first-order valence-electron chi connectivity index (χ1n) is 11.6. The van der Waals surface area contributed by atoms with Gasteiger partial charge in [0.1, 0.15) is 11.8 Å². The van der Waals surface area contributed by atoms with Gasteiger partial charge in [-0.2, -0.15) is 5.10 Å². The van der Waals surface area contributed by atoms with E-state index in [0.717, 1.165) is 22.5 Å². The summed E-state index contributed by atoms with van der Waals surface area (Å²) in [4.78, 5) is 15.5. The molecule has 1 amide bonds. The molecule has 4 rings (SSSR count). The fourth-order valence-electron chi connectivity index (χ4n) is 4.74. The second-order valence-electron chi connectivity index (χ2n) is 9.10. The van der Waals surface area contributed by atoms with E-state index in [1.165, 1.54) is 0 Å². The van der Waals surface area contributed by atoms with E-state index in [1.54, 1.807) is 13.2 Å². The Balaban J connectivity index is 1.60. The number of nitrogens with zero attached hydrogens (tertiary/aromatic N) is 3. The lowest BCUT2D eigenvalue weighted by Gasteiger charge is -2.28. The number of hydrogen-bond acceptors (Lipinski definition) is 6. The predicted molar refractivity (Wildman–Crippen MR) is 136 cm³/mol. The smallest absolute Gasteiger partial charge is 0.246 e. The third kappa shape index (κ3) is 5.57. The van der Waals surface area contributed by atoms with Gasteiger partial charge in [0.25, 0.3) is 0 Å². The van der Waals surface area contributed by atoms with Gasteiger partial charge in [0.05, 0.1) is 30.4 Å². The average Bonchev–Trinajstić information content (AvgIpc) is 3.33. The molecule has 9 heteroatoms. The number of anilines is 1. The second kappa shape index (κ2) is 10.2. The highest BCUT2D eigenvalue weighted by Gasteiger charge is 2.32. The van der Waals surface area contributed by atoms with Crippen LogP contribution in [-0.2, 0) is 21.2 Å². The first-order valence-corrected chi connectivity index (χ1v) is 13.5. The minimum atomic E-state index is -3.02. The minimum Gasteiger partial charge on any atom is -0.497 e. The molecule has 1 aliphatic rings. The number of benzene rings is 2. The van der Waals surface area contributed by atoms with Crippen LogP contribution >= 0.6 is 0 Å². The number of likely N-dealkylation sites (N-methyl/N-ethyl adjacent to an activating group) is 1. The molecular weight excluding hydrogens is 464 g/mol. The third-order valence-corrected chi connectivity index (χ3v) is 8.33. The third-order valence-electron chi connectivity index (χ3n) is 6.58. The molecule has 0 aliphatic carbocycles. The van der Waals surface area contributed by atoms with Crippen molar-refractivity contribution in [1.82, 2.24) is 14.7 Å². The number of aromatic nitrogens is 2. The standard InChI is InChI=1S/C26H32N4O4S/c1-18-24(19(2)30(28-18)22-13-14-35(32,33)17-22)16-29(3)25(20-9-6-5-7-10-20)26(31)27-21-11-8-12-23(15-21)34-4/h5-12,15,22,25H,13-14,16-17H2,1-4H3,(H,27,31)/t22-,25-/m1/s1. The Labute approximate surface area is 206 Å². The lowest BCUT2D eigenvalue weighted by Crippen LogP contribution is -2.34. The van der Waals surface area contributed by atoms with E-state index in [4.69, 9.17) is 4.74 Å². The number of aryl methyl sites for hydroxylation is 1. The van der Waals surface area contributed by atoms with E-state index in [-0.39, 0.29) is 23.5 Å². The normalized spacial score (nSPS) is 17.9. The van der Waals surface area contributed by atoms with Crippen LogP contribution < -0.4 is 10.1 Å². The molecular formula is C26H32N4O4S. The van der Waals surface area contributed by atoms with Gasteiger partial charge >= 0.3 is 0 Å². The Kier molecular flexibility index (Phi) is 7.28. The van der Waals surface area contributed by atoms with Crippen molar-refractivity contribution in [2.45, 2.75) is 38.9 Å². The summed E-state index contributed by atoms with van der Waals surface area (Å²) in [5.41, 5.74) is 4.33. The van der Waals surface area contributed by atoms with Crippen LogP contribution in [0.3, 0.4) is 0 Å². The van der Waals surface area contributed by atoms with E-state index < -0.39 is 15.9 Å². The number of nitrogens with one attached hydrogen (secondary N) is 1. The van der Waals surface area contributed by atoms with Crippen LogP contribution in [0, 0.1) is 13.8 Å². The molecule has 0 radical (unpaired) electrons. The van der Waals surface area contributed by atoms with Crippen LogP contribution in [0.15, 0.2) is 54.6 Å². The molecule has 0 spiro atoms. The molecule has 1 N–H and O–H groups in total. The monoisotopic (exact) mass is 496 g/mol. The molecule has 3 aromatic rings. The number of carbonyl (C=O) groups excluding carboxylic acids is 1. The van der Waals surface area contributed by atoms with Crippen molar-refractivity contribution >= 4 is 21.4 Å². The number of carbonyl (C=O) groups is 1. The lowest BCUT2D eigenvalue weighted by atomic mass is 10.0. The topological polar surface area (TPSA) is 93.5 Å². The average molecular weight is 497 g/mol. The highest BCUT2D eigenvalue weighted by Crippen LogP contribution is 2.30. The van der Waals surface area contributed by atoms with Crippen molar-refractivity contribution in [2.24, 2.45) is 0 Å². The molecule has 1 fully saturated rings. The maximum absolute atomic E-state index is 13.5. The summed E-state index contributed by atoms with van der Waals surface area (Å²) in [5, 5.41) is 7.71. The van der Waals surface area contributed by atoms with E-state index in [0.29, 0.717) is 24.4 Å². The highest BCUT2D eigenvalue weighted by atomic mass is 32.2. The maximum Gasteiger partial charge on any atom is 0.246 e. The summed E-state index contributed by atoms with van der Waals surface area (Å²) in [6.07, 6.45) is 0.579. The van der Waals surface area contributed by atoms with E-state index in [1.807, 2.05) is 79.0 Å². The highest BCUT2D eigenvalue weighted by molar-refractivity contribution is 7.91. The van der Waals surface area contributed by atoms with Crippen LogP contribution in [0.25, 0.3) is 0 Å². The molecule has 2 heterocycles. The molecule has 35 heavy (non-hydrogen) atoms. The number of methoxy groups -OCH3 is 1. The number of hydrogen-bond donors (Lipinski definition) is 1. The van der Waals surface area contributed by atoms with Crippen molar-refractivity contribution in [1.29, 1.82) is 0 Å². The summed E-state index contributed by atoms with van der Waals surface area (Å²) in [5.74, 6) is 0.836. The van der Waals surface area contributed by atoms with Crippen molar-refractivity contribution in [3.05, 3.63) is 77.1 Å². The molecule has 2 aromatic carbocycles. The van der Waals surface area contributed by atoms with Gasteiger partial charge in [0.15, 0.2) is 9.84 Å². The maximum atomic E-state index is 13.5. The van der Waals surface area contributed by atoms with Crippen LogP contribution in [0.2, 0.25) is 0 Å². The number of sulfone groups is 1. The number of ether oxygens (including phenoxy) is 1. The molecule has 0 unspecified atom stereocenters. The first-order chi connectivity index (χ1) is 16.7. The van der Waals surface area contributed by atoms with E-state index >= 15 is 0 Å². The van der Waals surface area contributed by atoms with Crippen LogP contribution in [0.1, 0.15) is 41.0 Å². The summed E-state index contributed by atoms with van der Waals surface area (Å²) in [6.45, 7) is 4.40. The molecule has 1 aliphatic heterocycles. The number of rotatable bonds is 8. The summed E-state index contributed by atoms with van der Waals surface area (Å²) in [7, 11) is 0.491. The van der Waals surface area contributed by atoms with Gasteiger partial charge in [-0.25, -0.2) is 8.42 Å². The van der Waals surface area contributed by atoms with Gasteiger partial charge in [-0.05, 0) is 45.0 Å². The van der Waals surface area contributed by atoms with Gasteiger partial charge in [-0.1, -0.05) is 36.4 Å². The van der Waals surface area contributed by atoms with Crippen molar-refractivity contribution < 1.29 is 17.9 Å². The van der Waals surface area contributed by atoms with Gasteiger partial charge in [-0.3, -0.25) is 14.4 Å². The van der Waals surface area contributed by atoms with Crippen LogP contribution in [0.4, 0.5) is 5.69 Å². The van der Waals surface area contributed by atoms with Crippen LogP contribution in [-0.4, -0.2) is 54.7 Å². The van der Waals surface area contributed by atoms with Gasteiger partial charge in [0.2, 0.25) is 5.91 Å². The Morgan fingerprint density at radius 3 is 2.60 bits per heavy atom. The molecule has 0 saturated carbocycles. The zero-order valence-corrected chi connectivity index (χ0v) is 21.4. The van der Waals surface area contributed by atoms with Gasteiger partial charge < -0.3 is 10.1 Å². The number of amides is 1. The zero-order valence-electron chi connectivity index (χ0n) is 20.6. The Bertz CT molecular complexity index is 1300. The summed E-state index contributed by atoms with van der Waals surface area (Å²) < 4.78 is 31.2. The van der Waals surface area contributed by atoms with E-state index in [9.17, 15) is 13.2 Å². The fourth-order valence-corrected chi connectivity index (χ4v) is 6.44. The zero-order chi connectivity index (χ0) is 25.2. The first kappa shape index (κ1) is 24.9. The molecule has 1 saturated heterocycles. The molecule has 186 valence electrons. The Morgan fingerprint density at radius 1 is 1.20 bits per heavy atom. The van der Waals surface area contributed by atoms with Gasteiger partial charge in [-0.15, -0.1) is 0 Å². The van der Waals surface area contributed by atoms with E-state index in [2.05, 4.69) is 10.4 Å². The minimum absolute atomic E-state index is 0.125. The van der Waals surface area contributed by atoms with Crippen LogP contribution in [0.5, 0.6) is 5.75 Å². The SMILES string of the molecule is COc1cccc(NC(=O)[C@@H](c2ccccc2)N(C)Cc2c(C)nn([C@@H]3CCS(=O)(=O)C3)c2C)c1. The fraction of sp³-hybridized carbons (Fsp3) is 0.385. The lowest BCUT2D eigenvalue weighted by molar-refractivity contribution is -0.121. The van der Waals surface area contributed by atoms with Crippen molar-refractivity contribution in [2.75, 3.05) is 31.0 Å². The molecule has 8 nitrogen and oxygen atoms in total. The quantitative estimate of drug-likeness (QED) is 0.511. The van der Waals surface area contributed by atoms with Crippen molar-refractivity contribution in [3.63, 3.8) is 0 Å². The molecule has 0 bridgehead atoms. The molecule has 2 atom stereocenters. The van der Waals surface area contributed by atoms with Gasteiger partial charge in [0, 0.05) is 29.6 Å². The summed E-state index contributed by atoms with van der Waals surface area (Å²) >= 11 is 0. The largest absolute Gasteiger partial charge is 0.497 e. The van der Waals surface area contributed by atoms with Crippen molar-refractivity contribution in [3.8, 4) is 5.75 Å².